The first-order chi connectivity index (χ1) is 7.66. The van der Waals surface area contributed by atoms with Crippen LogP contribution in [0.4, 0.5) is 5.69 Å². The smallest absolute Gasteiger partial charge is 0.310 e. The lowest BCUT2D eigenvalue weighted by molar-refractivity contribution is -0.386. The van der Waals surface area contributed by atoms with E-state index in [1.807, 2.05) is 0 Å². The zero-order chi connectivity index (χ0) is 12.0. The number of nitrogens with zero attached hydrogens (tertiary/aromatic N) is 2. The number of halogens is 1. The molecule has 1 rings (SSSR count). The summed E-state index contributed by atoms with van der Waals surface area (Å²) in [5.41, 5.74) is -0.880. The molecule has 6 heteroatoms. The van der Waals surface area contributed by atoms with Crippen molar-refractivity contribution in [3.05, 3.63) is 38.8 Å². The van der Waals surface area contributed by atoms with E-state index < -0.39 is 10.5 Å². The topological polar surface area (TPSA) is 65.1 Å². The van der Waals surface area contributed by atoms with E-state index in [-0.39, 0.29) is 5.69 Å². The van der Waals surface area contributed by atoms with Crippen molar-refractivity contribution in [2.75, 3.05) is 5.33 Å². The first kappa shape index (κ1) is 12.9. The van der Waals surface area contributed by atoms with Crippen molar-refractivity contribution < 1.29 is 4.92 Å². The van der Waals surface area contributed by atoms with Crippen LogP contribution in [0, 0.1) is 10.1 Å². The Balaban J connectivity index is 2.70. The van der Waals surface area contributed by atoms with Crippen LogP contribution in [0.15, 0.2) is 23.1 Å². The number of rotatable bonds is 6. The number of aromatic nitrogens is 1. The number of pyridine rings is 1. The fourth-order valence-electron chi connectivity index (χ4n) is 1.39. The minimum Gasteiger partial charge on any atom is -0.310 e. The first-order valence-corrected chi connectivity index (χ1v) is 6.18. The number of aryl methyl sites for hydroxylation is 1. The highest BCUT2D eigenvalue weighted by atomic mass is 79.9. The highest BCUT2D eigenvalue weighted by Crippen LogP contribution is 2.04. The van der Waals surface area contributed by atoms with E-state index in [0.29, 0.717) is 6.54 Å². The second kappa shape index (κ2) is 6.42. The van der Waals surface area contributed by atoms with Crippen LogP contribution in [0.3, 0.4) is 0 Å². The van der Waals surface area contributed by atoms with Gasteiger partial charge in [0.2, 0.25) is 0 Å². The van der Waals surface area contributed by atoms with Crippen LogP contribution in [0.5, 0.6) is 0 Å². The van der Waals surface area contributed by atoms with Crippen molar-refractivity contribution in [1.82, 2.24) is 4.57 Å². The SMILES string of the molecule is O=c1c([N+](=O)[O-])cccn1CCCCCBr. The molecule has 0 bridgehead atoms. The number of alkyl halides is 1. The Morgan fingerprint density at radius 3 is 2.75 bits per heavy atom. The van der Waals surface area contributed by atoms with Crippen molar-refractivity contribution in [3.8, 4) is 0 Å². The molecule has 16 heavy (non-hydrogen) atoms. The van der Waals surface area contributed by atoms with Crippen molar-refractivity contribution in [2.45, 2.75) is 25.8 Å². The normalized spacial score (nSPS) is 10.3. The van der Waals surface area contributed by atoms with Gasteiger partial charge in [-0.2, -0.15) is 0 Å². The van der Waals surface area contributed by atoms with Crippen LogP contribution in [0.1, 0.15) is 19.3 Å². The molecule has 1 aromatic rings. The summed E-state index contributed by atoms with van der Waals surface area (Å²) in [7, 11) is 0. The number of hydrogen-bond acceptors (Lipinski definition) is 3. The van der Waals surface area contributed by atoms with Gasteiger partial charge in [-0.25, -0.2) is 0 Å². The van der Waals surface area contributed by atoms with Gasteiger partial charge in [0.05, 0.1) is 4.92 Å². The van der Waals surface area contributed by atoms with E-state index in [1.54, 1.807) is 6.20 Å². The van der Waals surface area contributed by atoms with Crippen molar-refractivity contribution in [3.63, 3.8) is 0 Å². The highest BCUT2D eigenvalue weighted by molar-refractivity contribution is 9.09. The summed E-state index contributed by atoms with van der Waals surface area (Å²) in [6.07, 6.45) is 4.49. The van der Waals surface area contributed by atoms with Gasteiger partial charge in [0.25, 0.3) is 0 Å². The Morgan fingerprint density at radius 2 is 2.12 bits per heavy atom. The molecule has 0 amide bonds. The average molecular weight is 289 g/mol. The summed E-state index contributed by atoms with van der Waals surface area (Å²) >= 11 is 3.32. The third-order valence-corrected chi connectivity index (χ3v) is 2.79. The molecule has 0 aliphatic rings. The molecule has 0 unspecified atom stereocenters. The summed E-state index contributed by atoms with van der Waals surface area (Å²) in [6.45, 7) is 0.535. The predicted molar refractivity (Wildman–Crippen MR) is 65.0 cm³/mol. The molecule has 0 N–H and O–H groups in total. The average Bonchev–Trinajstić information content (AvgIpc) is 2.26. The summed E-state index contributed by atoms with van der Waals surface area (Å²) in [5.74, 6) is 0. The zero-order valence-electron chi connectivity index (χ0n) is 8.76. The Morgan fingerprint density at radius 1 is 1.38 bits per heavy atom. The second-order valence-electron chi connectivity index (χ2n) is 3.40. The quantitative estimate of drug-likeness (QED) is 0.349. The van der Waals surface area contributed by atoms with Crippen LogP contribution < -0.4 is 5.56 Å². The van der Waals surface area contributed by atoms with Crippen LogP contribution >= 0.6 is 15.9 Å². The lowest BCUT2D eigenvalue weighted by atomic mass is 10.2. The van der Waals surface area contributed by atoms with E-state index in [9.17, 15) is 14.9 Å². The molecule has 0 radical (unpaired) electrons. The largest absolute Gasteiger partial charge is 0.334 e. The summed E-state index contributed by atoms with van der Waals surface area (Å²) in [5, 5.41) is 11.5. The molecule has 0 spiro atoms. The molecular weight excluding hydrogens is 276 g/mol. The first-order valence-electron chi connectivity index (χ1n) is 5.06. The van der Waals surface area contributed by atoms with Gasteiger partial charge in [-0.1, -0.05) is 22.4 Å². The molecule has 0 atom stereocenters. The molecule has 0 saturated heterocycles. The maximum absolute atomic E-state index is 11.6. The number of unbranched alkanes of at least 4 members (excludes halogenated alkanes) is 2. The summed E-state index contributed by atoms with van der Waals surface area (Å²) < 4.78 is 1.40. The Labute approximate surface area is 101 Å². The molecule has 0 fully saturated rings. The Hall–Kier alpha value is -1.17. The van der Waals surface area contributed by atoms with Crippen LogP contribution in [0.25, 0.3) is 0 Å². The highest BCUT2D eigenvalue weighted by Gasteiger charge is 2.12. The molecule has 1 heterocycles. The monoisotopic (exact) mass is 288 g/mol. The molecule has 5 nitrogen and oxygen atoms in total. The number of nitro groups is 1. The lowest BCUT2D eigenvalue weighted by Crippen LogP contribution is -2.21. The van der Waals surface area contributed by atoms with E-state index in [1.165, 1.54) is 16.7 Å². The van der Waals surface area contributed by atoms with E-state index in [2.05, 4.69) is 15.9 Å². The Kier molecular flexibility index (Phi) is 5.18. The van der Waals surface area contributed by atoms with Crippen LogP contribution in [-0.4, -0.2) is 14.8 Å². The minimum atomic E-state index is -0.642. The predicted octanol–water partition coefficient (Wildman–Crippen LogP) is 2.32. The van der Waals surface area contributed by atoms with E-state index in [0.717, 1.165) is 24.6 Å². The van der Waals surface area contributed by atoms with Gasteiger partial charge >= 0.3 is 11.2 Å². The summed E-state index contributed by atoms with van der Waals surface area (Å²) in [6, 6.07) is 2.77. The van der Waals surface area contributed by atoms with Gasteiger partial charge in [0, 0.05) is 24.1 Å². The molecule has 0 aromatic carbocycles. The Bertz CT molecular complexity index is 417. The fraction of sp³-hybridized carbons (Fsp3) is 0.500. The number of hydrogen-bond donors (Lipinski definition) is 0. The zero-order valence-corrected chi connectivity index (χ0v) is 10.4. The molecular formula is C10H13BrN2O3. The molecule has 0 aliphatic carbocycles. The maximum atomic E-state index is 11.6. The van der Waals surface area contributed by atoms with Crippen LogP contribution in [0.2, 0.25) is 0 Å². The molecule has 0 aliphatic heterocycles. The van der Waals surface area contributed by atoms with Crippen LogP contribution in [-0.2, 0) is 6.54 Å². The molecule has 1 aromatic heterocycles. The molecule has 0 saturated carbocycles. The minimum absolute atomic E-state index is 0.358. The third-order valence-electron chi connectivity index (χ3n) is 2.23. The van der Waals surface area contributed by atoms with E-state index in [4.69, 9.17) is 0 Å². The molecule has 88 valence electrons. The third kappa shape index (κ3) is 3.44. The van der Waals surface area contributed by atoms with Crippen molar-refractivity contribution in [1.29, 1.82) is 0 Å². The fourth-order valence-corrected chi connectivity index (χ4v) is 1.79. The van der Waals surface area contributed by atoms with Gasteiger partial charge < -0.3 is 4.57 Å². The van der Waals surface area contributed by atoms with Crippen molar-refractivity contribution >= 4 is 21.6 Å². The van der Waals surface area contributed by atoms with Gasteiger partial charge in [-0.15, -0.1) is 0 Å². The summed E-state index contributed by atoms with van der Waals surface area (Å²) in [4.78, 5) is 21.5. The lowest BCUT2D eigenvalue weighted by Gasteiger charge is -2.04. The van der Waals surface area contributed by atoms with E-state index >= 15 is 0 Å². The van der Waals surface area contributed by atoms with Gasteiger partial charge in [0.1, 0.15) is 0 Å². The van der Waals surface area contributed by atoms with Gasteiger partial charge in [-0.05, 0) is 18.9 Å². The maximum Gasteiger partial charge on any atom is 0.334 e. The van der Waals surface area contributed by atoms with Gasteiger partial charge in [0.15, 0.2) is 0 Å². The van der Waals surface area contributed by atoms with Gasteiger partial charge in [-0.3, -0.25) is 14.9 Å². The second-order valence-corrected chi connectivity index (χ2v) is 4.19. The van der Waals surface area contributed by atoms with Crippen molar-refractivity contribution in [2.24, 2.45) is 0 Å². The standard InChI is InChI=1S/C10H13BrN2O3/c11-6-2-1-3-7-12-8-4-5-9(10(12)14)13(15)16/h4-5,8H,1-3,6-7H2.